The van der Waals surface area contributed by atoms with Crippen LogP contribution in [0.4, 0.5) is 4.39 Å². The van der Waals surface area contributed by atoms with Crippen molar-refractivity contribution in [1.29, 1.82) is 0 Å². The lowest BCUT2D eigenvalue weighted by molar-refractivity contribution is 0.185. The van der Waals surface area contributed by atoms with Gasteiger partial charge in [-0.05, 0) is 17.7 Å². The summed E-state index contributed by atoms with van der Waals surface area (Å²) in [5.74, 6) is -0.781. The Morgan fingerprint density at radius 1 is 1.44 bits per heavy atom. The van der Waals surface area contributed by atoms with Crippen molar-refractivity contribution < 1.29 is 17.5 Å². The maximum Gasteiger partial charge on any atom is 0.245 e. The number of halogens is 1. The molecule has 0 saturated heterocycles. The molecule has 0 aliphatic carbocycles. The van der Waals surface area contributed by atoms with Crippen molar-refractivity contribution in [2.45, 2.75) is 11.4 Å². The maximum atomic E-state index is 13.6. The van der Waals surface area contributed by atoms with E-state index in [2.05, 4.69) is 0 Å². The minimum absolute atomic E-state index is 0.157. The summed E-state index contributed by atoms with van der Waals surface area (Å²) in [5.41, 5.74) is 5.98. The van der Waals surface area contributed by atoms with E-state index in [4.69, 9.17) is 10.5 Å². The number of ether oxygens (including phenoxy) is 1. The van der Waals surface area contributed by atoms with Crippen molar-refractivity contribution in [3.8, 4) is 0 Å². The molecule has 5 nitrogen and oxygen atoms in total. The van der Waals surface area contributed by atoms with E-state index in [0.29, 0.717) is 5.56 Å². The number of methoxy groups -OCH3 is 1. The largest absolute Gasteiger partial charge is 0.383 e. The number of nitrogens with zero attached hydrogens (tertiary/aromatic N) is 1. The average molecular weight is 276 g/mol. The third-order valence-electron chi connectivity index (χ3n) is 2.53. The smallest absolute Gasteiger partial charge is 0.245 e. The van der Waals surface area contributed by atoms with Gasteiger partial charge in [-0.25, -0.2) is 12.8 Å². The lowest BCUT2D eigenvalue weighted by Crippen LogP contribution is -2.30. The highest BCUT2D eigenvalue weighted by Crippen LogP contribution is 2.19. The van der Waals surface area contributed by atoms with Crippen molar-refractivity contribution in [1.82, 2.24) is 4.31 Å². The molecule has 2 N–H and O–H groups in total. The molecule has 0 bridgehead atoms. The summed E-state index contributed by atoms with van der Waals surface area (Å²) in [6, 6.07) is 3.83. The summed E-state index contributed by atoms with van der Waals surface area (Å²) in [5, 5.41) is 0. The Labute approximate surface area is 106 Å². The van der Waals surface area contributed by atoms with E-state index >= 15 is 0 Å². The van der Waals surface area contributed by atoms with Crippen LogP contribution in [0.3, 0.4) is 0 Å². The van der Waals surface area contributed by atoms with Gasteiger partial charge in [0.1, 0.15) is 10.7 Å². The molecule has 1 rings (SSSR count). The number of hydrogen-bond acceptors (Lipinski definition) is 4. The molecule has 1 aromatic carbocycles. The molecule has 0 radical (unpaired) electrons. The number of likely N-dealkylation sites (N-methyl/N-ethyl adjacent to an activating group) is 1. The van der Waals surface area contributed by atoms with Gasteiger partial charge in [-0.1, -0.05) is 6.07 Å². The van der Waals surface area contributed by atoms with Crippen LogP contribution in [-0.2, 0) is 21.3 Å². The fraction of sp³-hybridized carbons (Fsp3) is 0.455. The van der Waals surface area contributed by atoms with Gasteiger partial charge in [0.2, 0.25) is 10.0 Å². The molecule has 0 heterocycles. The molecule has 102 valence electrons. The summed E-state index contributed by atoms with van der Waals surface area (Å²) in [6.07, 6.45) is 0. The monoisotopic (exact) mass is 276 g/mol. The van der Waals surface area contributed by atoms with Gasteiger partial charge in [-0.2, -0.15) is 4.31 Å². The zero-order valence-electron chi connectivity index (χ0n) is 10.4. The summed E-state index contributed by atoms with van der Waals surface area (Å²) in [6.45, 7) is 0.559. The van der Waals surface area contributed by atoms with E-state index in [9.17, 15) is 12.8 Å². The highest BCUT2D eigenvalue weighted by atomic mass is 32.2. The first kappa shape index (κ1) is 15.0. The van der Waals surface area contributed by atoms with Crippen molar-refractivity contribution in [3.63, 3.8) is 0 Å². The topological polar surface area (TPSA) is 72.6 Å². The highest BCUT2D eigenvalue weighted by Gasteiger charge is 2.24. The summed E-state index contributed by atoms with van der Waals surface area (Å²) in [7, 11) is -1.01. The second-order valence-electron chi connectivity index (χ2n) is 3.79. The van der Waals surface area contributed by atoms with Crippen LogP contribution in [0.15, 0.2) is 23.1 Å². The molecule has 0 atom stereocenters. The third kappa shape index (κ3) is 3.26. The van der Waals surface area contributed by atoms with Crippen LogP contribution < -0.4 is 5.73 Å². The predicted octanol–water partition coefficient (Wildman–Crippen LogP) is 0.551. The van der Waals surface area contributed by atoms with Crippen molar-refractivity contribution in [2.75, 3.05) is 27.3 Å². The van der Waals surface area contributed by atoms with E-state index < -0.39 is 15.8 Å². The first-order valence-corrected chi connectivity index (χ1v) is 6.81. The van der Waals surface area contributed by atoms with Gasteiger partial charge in [-0.3, -0.25) is 0 Å². The summed E-state index contributed by atoms with van der Waals surface area (Å²) >= 11 is 0. The molecule has 1 aromatic rings. The molecular formula is C11H17FN2O3S. The molecule has 0 amide bonds. The fourth-order valence-corrected chi connectivity index (χ4v) is 2.65. The molecule has 0 aliphatic rings. The number of rotatable bonds is 6. The van der Waals surface area contributed by atoms with Crippen molar-refractivity contribution in [3.05, 3.63) is 29.6 Å². The van der Waals surface area contributed by atoms with Crippen LogP contribution >= 0.6 is 0 Å². The van der Waals surface area contributed by atoms with Crippen LogP contribution in [0.25, 0.3) is 0 Å². The molecule has 0 spiro atoms. The quantitative estimate of drug-likeness (QED) is 0.823. The standard InChI is InChI=1S/C11H17FN2O3S/c1-14(5-6-17-2)18(15,16)11-7-9(8-13)3-4-10(11)12/h3-4,7H,5-6,8,13H2,1-2H3. The Bertz CT molecular complexity index is 505. The Morgan fingerprint density at radius 2 is 2.11 bits per heavy atom. The summed E-state index contributed by atoms with van der Waals surface area (Å²) < 4.78 is 43.7. The lowest BCUT2D eigenvalue weighted by Gasteiger charge is -2.17. The van der Waals surface area contributed by atoms with Crippen molar-refractivity contribution in [2.24, 2.45) is 5.73 Å². The zero-order chi connectivity index (χ0) is 13.8. The Morgan fingerprint density at radius 3 is 2.67 bits per heavy atom. The molecule has 0 aliphatic heterocycles. The van der Waals surface area contributed by atoms with Gasteiger partial charge in [0.15, 0.2) is 0 Å². The van der Waals surface area contributed by atoms with E-state index in [-0.39, 0.29) is 24.6 Å². The molecule has 0 aromatic heterocycles. The molecule has 7 heteroatoms. The lowest BCUT2D eigenvalue weighted by atomic mass is 10.2. The zero-order valence-corrected chi connectivity index (χ0v) is 11.2. The SMILES string of the molecule is COCCN(C)S(=O)(=O)c1cc(CN)ccc1F. The van der Waals surface area contributed by atoms with Crippen LogP contribution in [0.2, 0.25) is 0 Å². The summed E-state index contributed by atoms with van der Waals surface area (Å²) in [4.78, 5) is -0.357. The molecule has 0 saturated carbocycles. The minimum Gasteiger partial charge on any atom is -0.383 e. The number of sulfonamides is 1. The fourth-order valence-electron chi connectivity index (χ4n) is 1.38. The van der Waals surface area contributed by atoms with Gasteiger partial charge in [0.25, 0.3) is 0 Å². The van der Waals surface area contributed by atoms with Gasteiger partial charge in [-0.15, -0.1) is 0 Å². The number of benzene rings is 1. The van der Waals surface area contributed by atoms with E-state index in [0.717, 1.165) is 10.4 Å². The Kier molecular flexibility index (Phi) is 5.21. The van der Waals surface area contributed by atoms with Crippen molar-refractivity contribution >= 4 is 10.0 Å². The van der Waals surface area contributed by atoms with Crippen LogP contribution in [0.1, 0.15) is 5.56 Å². The van der Waals surface area contributed by atoms with Gasteiger partial charge >= 0.3 is 0 Å². The van der Waals surface area contributed by atoms with Crippen LogP contribution in [0.5, 0.6) is 0 Å². The second kappa shape index (κ2) is 6.24. The van der Waals surface area contributed by atoms with E-state index in [1.54, 1.807) is 0 Å². The Hall–Kier alpha value is -1.02. The number of nitrogens with two attached hydrogens (primary N) is 1. The molecule has 18 heavy (non-hydrogen) atoms. The van der Waals surface area contributed by atoms with E-state index in [1.165, 1.54) is 26.3 Å². The predicted molar refractivity (Wildman–Crippen MR) is 66.0 cm³/mol. The molecular weight excluding hydrogens is 259 g/mol. The van der Waals surface area contributed by atoms with Crippen LogP contribution in [-0.4, -0.2) is 40.0 Å². The highest BCUT2D eigenvalue weighted by molar-refractivity contribution is 7.89. The molecule has 0 fully saturated rings. The maximum absolute atomic E-state index is 13.6. The first-order valence-electron chi connectivity index (χ1n) is 5.37. The third-order valence-corrected chi connectivity index (χ3v) is 4.40. The van der Waals surface area contributed by atoms with E-state index in [1.807, 2.05) is 0 Å². The second-order valence-corrected chi connectivity index (χ2v) is 5.80. The van der Waals surface area contributed by atoms with Gasteiger partial charge in [0.05, 0.1) is 6.61 Å². The molecule has 0 unspecified atom stereocenters. The first-order chi connectivity index (χ1) is 8.43. The van der Waals surface area contributed by atoms with Crippen LogP contribution in [0, 0.1) is 5.82 Å². The normalized spacial score (nSPS) is 12.1. The average Bonchev–Trinajstić information content (AvgIpc) is 2.36. The minimum atomic E-state index is -3.85. The number of hydrogen-bond donors (Lipinski definition) is 1. The van der Waals surface area contributed by atoms with Gasteiger partial charge in [0, 0.05) is 27.2 Å². The van der Waals surface area contributed by atoms with Gasteiger partial charge < -0.3 is 10.5 Å². The Balaban J connectivity index is 3.11.